The molecule has 1 aromatic carbocycles. The minimum atomic E-state index is -2.88. The molecule has 6 nitrogen and oxygen atoms in total. The number of carbonyl (C=O) groups is 1. The smallest absolute Gasteiger partial charge is 0.250 e. The number of hydrogen-bond donors (Lipinski definition) is 0. The fourth-order valence-electron chi connectivity index (χ4n) is 2.64. The van der Waals surface area contributed by atoms with Crippen LogP contribution in [0.2, 0.25) is 0 Å². The zero-order chi connectivity index (χ0) is 18.9. The maximum absolute atomic E-state index is 13.4. The molecular weight excluding hydrogens is 355 g/mol. The molecule has 0 aliphatic rings. The molecule has 136 valence electrons. The fraction of sp³-hybridized carbons (Fsp3) is 0.278. The average Bonchev–Trinajstić information content (AvgIpc) is 3.03. The number of amides is 1. The molecule has 3 aromatic rings. The Morgan fingerprint density at radius 2 is 2.12 bits per heavy atom. The van der Waals surface area contributed by atoms with Crippen molar-refractivity contribution < 1.29 is 13.4 Å². The summed E-state index contributed by atoms with van der Waals surface area (Å²) in [5.41, 5.74) is 1.14. The van der Waals surface area contributed by atoms with E-state index >= 15 is 0 Å². The first kappa shape index (κ1) is 18.2. The van der Waals surface area contributed by atoms with E-state index in [1.807, 2.05) is 13.8 Å². The average molecular weight is 374 g/mol. The van der Waals surface area contributed by atoms with Crippen LogP contribution in [0, 0.1) is 5.82 Å². The van der Waals surface area contributed by atoms with Crippen molar-refractivity contribution in [2.24, 2.45) is 4.36 Å². The summed E-state index contributed by atoms with van der Waals surface area (Å²) in [5.74, 6) is -0.917. The Bertz CT molecular complexity index is 1100. The van der Waals surface area contributed by atoms with Crippen LogP contribution in [-0.4, -0.2) is 30.1 Å². The first-order chi connectivity index (χ1) is 12.3. The first-order valence-electron chi connectivity index (χ1n) is 8.20. The van der Waals surface area contributed by atoms with Crippen LogP contribution in [0.4, 0.5) is 4.39 Å². The van der Waals surface area contributed by atoms with E-state index in [0.29, 0.717) is 22.5 Å². The van der Waals surface area contributed by atoms with Crippen molar-refractivity contribution in [2.45, 2.75) is 37.3 Å². The van der Waals surface area contributed by atoms with Crippen LogP contribution in [0.15, 0.2) is 52.1 Å². The van der Waals surface area contributed by atoms with Gasteiger partial charge < -0.3 is 0 Å². The summed E-state index contributed by atoms with van der Waals surface area (Å²) >= 11 is 0. The third-order valence-corrected chi connectivity index (χ3v) is 7.03. The van der Waals surface area contributed by atoms with Crippen molar-refractivity contribution >= 4 is 26.5 Å². The van der Waals surface area contributed by atoms with Crippen LogP contribution in [-0.2, 0) is 14.5 Å². The Balaban J connectivity index is 2.15. The van der Waals surface area contributed by atoms with Gasteiger partial charge in [-0.05, 0) is 31.5 Å². The van der Waals surface area contributed by atoms with Crippen molar-refractivity contribution in [3.8, 4) is 5.69 Å². The van der Waals surface area contributed by atoms with Crippen LogP contribution in [0.25, 0.3) is 16.6 Å². The largest absolute Gasteiger partial charge is 0.272 e. The van der Waals surface area contributed by atoms with Crippen LogP contribution in [0.1, 0.15) is 27.2 Å². The van der Waals surface area contributed by atoms with Crippen LogP contribution in [0.5, 0.6) is 0 Å². The minimum Gasteiger partial charge on any atom is -0.272 e. The molecule has 0 fully saturated rings. The molecule has 2 unspecified atom stereocenters. The second kappa shape index (κ2) is 6.95. The first-order valence-corrected chi connectivity index (χ1v) is 9.78. The summed E-state index contributed by atoms with van der Waals surface area (Å²) < 4.78 is 32.3. The number of pyridine rings is 1. The van der Waals surface area contributed by atoms with Crippen LogP contribution in [0.3, 0.4) is 0 Å². The van der Waals surface area contributed by atoms with Crippen molar-refractivity contribution in [3.63, 3.8) is 0 Å². The van der Waals surface area contributed by atoms with Gasteiger partial charge in [-0.2, -0.15) is 9.46 Å². The summed E-state index contributed by atoms with van der Waals surface area (Å²) in [6.07, 6.45) is 4.96. The molecule has 0 saturated carbocycles. The van der Waals surface area contributed by atoms with Gasteiger partial charge in [-0.3, -0.25) is 9.78 Å². The molecule has 2 atom stereocenters. The van der Waals surface area contributed by atoms with Gasteiger partial charge in [0.25, 0.3) is 5.91 Å². The van der Waals surface area contributed by atoms with E-state index in [1.54, 1.807) is 24.4 Å². The summed E-state index contributed by atoms with van der Waals surface area (Å²) in [5, 5.41) is 4.84. The van der Waals surface area contributed by atoms with E-state index in [2.05, 4.69) is 14.4 Å². The minimum absolute atomic E-state index is 0.272. The number of carbonyl (C=O) groups excluding carboxylic acids is 1. The third-order valence-electron chi connectivity index (χ3n) is 4.15. The molecule has 0 aliphatic heterocycles. The Labute approximate surface area is 151 Å². The van der Waals surface area contributed by atoms with Gasteiger partial charge in [0.2, 0.25) is 0 Å². The molecule has 0 aliphatic carbocycles. The van der Waals surface area contributed by atoms with Gasteiger partial charge in [-0.15, -0.1) is 0 Å². The van der Waals surface area contributed by atoms with Crippen LogP contribution >= 0.6 is 0 Å². The summed E-state index contributed by atoms with van der Waals surface area (Å²) in [7, 11) is -2.88. The normalized spacial score (nSPS) is 14.8. The maximum atomic E-state index is 13.4. The second-order valence-electron chi connectivity index (χ2n) is 6.05. The summed E-state index contributed by atoms with van der Waals surface area (Å²) in [4.78, 5) is 15.8. The zero-order valence-electron chi connectivity index (χ0n) is 14.7. The summed E-state index contributed by atoms with van der Waals surface area (Å²) in [6, 6.07) is 6.47. The van der Waals surface area contributed by atoms with Crippen molar-refractivity contribution in [1.29, 1.82) is 0 Å². The molecule has 2 aromatic heterocycles. The van der Waals surface area contributed by atoms with E-state index in [1.165, 1.54) is 23.9 Å². The fourth-order valence-corrected chi connectivity index (χ4v) is 4.78. The number of halogens is 1. The number of benzene rings is 1. The van der Waals surface area contributed by atoms with Gasteiger partial charge in [0.1, 0.15) is 5.82 Å². The number of rotatable bonds is 4. The molecule has 0 spiro atoms. The van der Waals surface area contributed by atoms with E-state index in [4.69, 9.17) is 0 Å². The molecule has 0 radical (unpaired) electrons. The Morgan fingerprint density at radius 3 is 2.77 bits per heavy atom. The Kier molecular flexibility index (Phi) is 4.86. The predicted octanol–water partition coefficient (Wildman–Crippen LogP) is 3.73. The molecule has 0 saturated heterocycles. The van der Waals surface area contributed by atoms with E-state index in [0.717, 1.165) is 11.6 Å². The quantitative estimate of drug-likeness (QED) is 0.697. The van der Waals surface area contributed by atoms with Gasteiger partial charge in [0.05, 0.1) is 33.3 Å². The number of nitrogens with zero attached hydrogens (tertiary/aromatic N) is 4. The van der Waals surface area contributed by atoms with Gasteiger partial charge >= 0.3 is 0 Å². The van der Waals surface area contributed by atoms with Gasteiger partial charge in [-0.25, -0.2) is 13.3 Å². The van der Waals surface area contributed by atoms with E-state index in [-0.39, 0.29) is 5.25 Å². The molecule has 0 N–H and O–H groups in total. The van der Waals surface area contributed by atoms with Crippen molar-refractivity contribution in [2.75, 3.05) is 0 Å². The molecule has 8 heteroatoms. The van der Waals surface area contributed by atoms with E-state index < -0.39 is 21.5 Å². The third kappa shape index (κ3) is 3.37. The van der Waals surface area contributed by atoms with Crippen LogP contribution < -0.4 is 0 Å². The van der Waals surface area contributed by atoms with Crippen molar-refractivity contribution in [3.05, 3.63) is 48.7 Å². The highest BCUT2D eigenvalue weighted by Crippen LogP contribution is 2.26. The lowest BCUT2D eigenvalue weighted by Crippen LogP contribution is -2.18. The Morgan fingerprint density at radius 1 is 1.35 bits per heavy atom. The molecule has 0 bridgehead atoms. The molecule has 3 rings (SSSR count). The number of hydrogen-bond acceptors (Lipinski definition) is 4. The number of fused-ring (bicyclic) bond motifs is 1. The standard InChI is InChI=1S/C18H19FN4O2S/c1-4-12(2)26(25,22-13(3)24)17-5-6-18-14(7-17)11-23(21-18)16-8-15(19)9-20-10-16/h5-12H,4H2,1-3H3. The zero-order valence-corrected chi connectivity index (χ0v) is 15.5. The molecule has 1 amide bonds. The Hall–Kier alpha value is -2.61. The lowest BCUT2D eigenvalue weighted by atomic mass is 10.3. The van der Waals surface area contributed by atoms with Gasteiger partial charge in [0, 0.05) is 34.7 Å². The summed E-state index contributed by atoms with van der Waals surface area (Å²) in [6.45, 7) is 5.03. The molecule has 26 heavy (non-hydrogen) atoms. The lowest BCUT2D eigenvalue weighted by molar-refractivity contribution is -0.115. The van der Waals surface area contributed by atoms with Gasteiger partial charge in [-0.1, -0.05) is 6.92 Å². The van der Waals surface area contributed by atoms with Gasteiger partial charge in [0.15, 0.2) is 0 Å². The monoisotopic (exact) mass is 374 g/mol. The highest BCUT2D eigenvalue weighted by Gasteiger charge is 2.22. The number of aromatic nitrogens is 3. The van der Waals surface area contributed by atoms with E-state index in [9.17, 15) is 13.4 Å². The highest BCUT2D eigenvalue weighted by molar-refractivity contribution is 7.94. The highest BCUT2D eigenvalue weighted by atomic mass is 32.2. The topological polar surface area (TPSA) is 77.2 Å². The maximum Gasteiger partial charge on any atom is 0.250 e. The molecule has 2 heterocycles. The SMILES string of the molecule is CCC(C)S(=O)(=NC(C)=O)c1ccc2nn(-c3cncc(F)c3)cc2c1. The second-order valence-corrected chi connectivity index (χ2v) is 8.65. The van der Waals surface area contributed by atoms with Crippen molar-refractivity contribution in [1.82, 2.24) is 14.8 Å². The predicted molar refractivity (Wildman–Crippen MR) is 98.1 cm³/mol. The lowest BCUT2D eigenvalue weighted by Gasteiger charge is -2.16. The molecular formula is C18H19FN4O2S.